The number of hydrogen-bond donors (Lipinski definition) is 2. The summed E-state index contributed by atoms with van der Waals surface area (Å²) < 4.78 is 10.7. The molecule has 0 aliphatic rings. The lowest BCUT2D eigenvalue weighted by molar-refractivity contribution is 0.203. The van der Waals surface area contributed by atoms with Gasteiger partial charge in [0.05, 0.1) is 19.8 Å². The van der Waals surface area contributed by atoms with Crippen LogP contribution in [-0.2, 0) is 11.3 Å². The molecule has 0 unspecified atom stereocenters. The Bertz CT molecular complexity index is 436. The Morgan fingerprint density at radius 1 is 1.17 bits per heavy atom. The van der Waals surface area contributed by atoms with Crippen LogP contribution in [0.15, 0.2) is 29.3 Å². The van der Waals surface area contributed by atoms with E-state index in [1.165, 1.54) is 0 Å². The van der Waals surface area contributed by atoms with E-state index in [4.69, 9.17) is 9.47 Å². The average molecular weight is 435 g/mol. The van der Waals surface area contributed by atoms with Gasteiger partial charge in [-0.25, -0.2) is 4.99 Å². The van der Waals surface area contributed by atoms with Gasteiger partial charge in [-0.15, -0.1) is 24.0 Å². The Morgan fingerprint density at radius 3 is 2.43 bits per heavy atom. The normalized spacial score (nSPS) is 11.1. The number of ether oxygens (including phenoxy) is 2. The van der Waals surface area contributed by atoms with Gasteiger partial charge in [0.25, 0.3) is 0 Å². The van der Waals surface area contributed by atoms with Gasteiger partial charge in [0.15, 0.2) is 5.96 Å². The largest absolute Gasteiger partial charge is 0.493 e. The number of methoxy groups -OCH3 is 1. The lowest BCUT2D eigenvalue weighted by Gasteiger charge is -2.11. The Labute approximate surface area is 157 Å². The van der Waals surface area contributed by atoms with Crippen molar-refractivity contribution in [2.45, 2.75) is 27.3 Å². The minimum absolute atomic E-state index is 0. The van der Waals surface area contributed by atoms with Crippen molar-refractivity contribution >= 4 is 29.9 Å². The minimum atomic E-state index is 0. The number of nitrogens with one attached hydrogen (secondary N) is 2. The highest BCUT2D eigenvalue weighted by molar-refractivity contribution is 14.0. The zero-order valence-electron chi connectivity index (χ0n) is 14.6. The van der Waals surface area contributed by atoms with Crippen LogP contribution in [0, 0.1) is 5.92 Å². The van der Waals surface area contributed by atoms with Crippen molar-refractivity contribution in [2.75, 3.05) is 33.4 Å². The van der Waals surface area contributed by atoms with Crippen LogP contribution >= 0.6 is 24.0 Å². The summed E-state index contributed by atoms with van der Waals surface area (Å²) in [5.41, 5.74) is 1.15. The highest BCUT2D eigenvalue weighted by Crippen LogP contribution is 2.13. The molecule has 0 saturated carbocycles. The molecule has 0 atom stereocenters. The molecule has 0 radical (unpaired) electrons. The maximum atomic E-state index is 5.68. The van der Waals surface area contributed by atoms with Crippen LogP contribution in [0.3, 0.4) is 0 Å². The molecule has 6 heteroatoms. The van der Waals surface area contributed by atoms with Gasteiger partial charge in [0.1, 0.15) is 5.75 Å². The monoisotopic (exact) mass is 435 g/mol. The average Bonchev–Trinajstić information content (AvgIpc) is 2.51. The highest BCUT2D eigenvalue weighted by Gasteiger charge is 1.99. The molecule has 0 saturated heterocycles. The summed E-state index contributed by atoms with van der Waals surface area (Å²) in [6.45, 7) is 9.94. The van der Waals surface area contributed by atoms with Crippen LogP contribution in [-0.4, -0.2) is 39.4 Å². The first-order chi connectivity index (χ1) is 10.7. The molecule has 0 bridgehead atoms. The molecule has 0 fully saturated rings. The zero-order valence-corrected chi connectivity index (χ0v) is 16.9. The van der Waals surface area contributed by atoms with E-state index >= 15 is 0 Å². The third-order valence-corrected chi connectivity index (χ3v) is 2.87. The summed E-state index contributed by atoms with van der Waals surface area (Å²) in [6, 6.07) is 8.10. The first kappa shape index (κ1) is 22.0. The van der Waals surface area contributed by atoms with Gasteiger partial charge in [0.2, 0.25) is 0 Å². The minimum Gasteiger partial charge on any atom is -0.493 e. The number of nitrogens with zero attached hydrogens (tertiary/aromatic N) is 1. The SMILES string of the molecule is CCNC(=NCc1ccc(OCC(C)C)cc1)NCCOC.I. The zero-order chi connectivity index (χ0) is 16.2. The summed E-state index contributed by atoms with van der Waals surface area (Å²) in [4.78, 5) is 4.56. The standard InChI is InChI=1S/C17H29N3O2.HI/c1-5-18-17(19-10-11-21-4)20-12-15-6-8-16(9-7-15)22-13-14(2)3;/h6-9,14H,5,10-13H2,1-4H3,(H2,18,19,20);1H. The smallest absolute Gasteiger partial charge is 0.191 e. The summed E-state index contributed by atoms with van der Waals surface area (Å²) >= 11 is 0. The van der Waals surface area contributed by atoms with Gasteiger partial charge in [-0.1, -0.05) is 26.0 Å². The Hall–Kier alpha value is -1.02. The molecular formula is C17H30IN3O2. The van der Waals surface area contributed by atoms with E-state index < -0.39 is 0 Å². The molecular weight excluding hydrogens is 405 g/mol. The second-order valence-electron chi connectivity index (χ2n) is 5.46. The third kappa shape index (κ3) is 10.4. The van der Waals surface area contributed by atoms with Crippen molar-refractivity contribution in [3.05, 3.63) is 29.8 Å². The van der Waals surface area contributed by atoms with Crippen molar-refractivity contribution in [1.29, 1.82) is 0 Å². The van der Waals surface area contributed by atoms with Crippen LogP contribution in [0.4, 0.5) is 0 Å². The Balaban J connectivity index is 0.00000484. The van der Waals surface area contributed by atoms with Crippen molar-refractivity contribution in [3.8, 4) is 5.75 Å². The lowest BCUT2D eigenvalue weighted by atomic mass is 10.2. The van der Waals surface area contributed by atoms with Crippen LogP contribution in [0.1, 0.15) is 26.3 Å². The number of rotatable bonds is 9. The molecule has 0 aliphatic carbocycles. The van der Waals surface area contributed by atoms with E-state index in [9.17, 15) is 0 Å². The number of hydrogen-bond acceptors (Lipinski definition) is 3. The molecule has 23 heavy (non-hydrogen) atoms. The van der Waals surface area contributed by atoms with Gasteiger partial charge in [0, 0.05) is 20.2 Å². The maximum Gasteiger partial charge on any atom is 0.191 e. The van der Waals surface area contributed by atoms with E-state index in [2.05, 4.69) is 41.6 Å². The maximum absolute atomic E-state index is 5.68. The molecule has 0 heterocycles. The Morgan fingerprint density at radius 2 is 1.87 bits per heavy atom. The number of guanidine groups is 1. The van der Waals surface area contributed by atoms with Crippen molar-refractivity contribution in [3.63, 3.8) is 0 Å². The molecule has 1 rings (SSSR count). The summed E-state index contributed by atoms with van der Waals surface area (Å²) in [7, 11) is 1.69. The van der Waals surface area contributed by atoms with Crippen LogP contribution < -0.4 is 15.4 Å². The molecule has 1 aromatic rings. The number of aliphatic imine (C=N–C) groups is 1. The van der Waals surface area contributed by atoms with Gasteiger partial charge in [-0.2, -0.15) is 0 Å². The van der Waals surface area contributed by atoms with E-state index in [0.29, 0.717) is 19.1 Å². The molecule has 5 nitrogen and oxygen atoms in total. The first-order valence-electron chi connectivity index (χ1n) is 7.88. The van der Waals surface area contributed by atoms with E-state index in [0.717, 1.165) is 37.0 Å². The van der Waals surface area contributed by atoms with Crippen LogP contribution in [0.2, 0.25) is 0 Å². The summed E-state index contributed by atoms with van der Waals surface area (Å²) in [5, 5.41) is 6.44. The van der Waals surface area contributed by atoms with Crippen molar-refractivity contribution in [2.24, 2.45) is 10.9 Å². The topological polar surface area (TPSA) is 54.9 Å². The second-order valence-corrected chi connectivity index (χ2v) is 5.46. The first-order valence-corrected chi connectivity index (χ1v) is 7.88. The highest BCUT2D eigenvalue weighted by atomic mass is 127. The van der Waals surface area contributed by atoms with E-state index in [-0.39, 0.29) is 24.0 Å². The van der Waals surface area contributed by atoms with Gasteiger partial charge >= 0.3 is 0 Å². The molecule has 132 valence electrons. The molecule has 1 aromatic carbocycles. The van der Waals surface area contributed by atoms with Crippen molar-refractivity contribution in [1.82, 2.24) is 10.6 Å². The van der Waals surface area contributed by atoms with E-state index in [1.54, 1.807) is 7.11 Å². The fraction of sp³-hybridized carbons (Fsp3) is 0.588. The quantitative estimate of drug-likeness (QED) is 0.271. The number of benzene rings is 1. The van der Waals surface area contributed by atoms with E-state index in [1.807, 2.05) is 19.1 Å². The molecule has 0 aliphatic heterocycles. The van der Waals surface area contributed by atoms with Crippen LogP contribution in [0.25, 0.3) is 0 Å². The molecule has 0 spiro atoms. The molecule has 2 N–H and O–H groups in total. The fourth-order valence-corrected chi connectivity index (χ4v) is 1.74. The Kier molecular flexibility index (Phi) is 12.8. The lowest BCUT2D eigenvalue weighted by Crippen LogP contribution is -2.38. The second kappa shape index (κ2) is 13.4. The summed E-state index contributed by atoms with van der Waals surface area (Å²) in [6.07, 6.45) is 0. The predicted molar refractivity (Wildman–Crippen MR) is 107 cm³/mol. The molecule has 0 amide bonds. The fourth-order valence-electron chi connectivity index (χ4n) is 1.74. The molecule has 0 aromatic heterocycles. The third-order valence-electron chi connectivity index (χ3n) is 2.87. The van der Waals surface area contributed by atoms with Crippen LogP contribution in [0.5, 0.6) is 5.75 Å². The van der Waals surface area contributed by atoms with Crippen molar-refractivity contribution < 1.29 is 9.47 Å². The predicted octanol–water partition coefficient (Wildman–Crippen LogP) is 3.04. The van der Waals surface area contributed by atoms with Gasteiger partial charge in [-0.05, 0) is 30.5 Å². The number of halogens is 1. The summed E-state index contributed by atoms with van der Waals surface area (Å²) in [5.74, 6) is 2.25. The van der Waals surface area contributed by atoms with Gasteiger partial charge < -0.3 is 20.1 Å². The van der Waals surface area contributed by atoms with Gasteiger partial charge in [-0.3, -0.25) is 0 Å².